The zero-order chi connectivity index (χ0) is 14.7. The molecule has 0 saturated carbocycles. The highest BCUT2D eigenvalue weighted by molar-refractivity contribution is 5.15. The molecule has 0 amide bonds. The van der Waals surface area contributed by atoms with Gasteiger partial charge in [0.15, 0.2) is 0 Å². The maximum Gasteiger partial charge on any atom is 0.0124 e. The third-order valence-electron chi connectivity index (χ3n) is 3.62. The van der Waals surface area contributed by atoms with Crippen molar-refractivity contribution in [2.75, 3.05) is 13.6 Å². The highest BCUT2D eigenvalue weighted by Crippen LogP contribution is 2.13. The Hall–Kier alpha value is -1.04. The van der Waals surface area contributed by atoms with Crippen LogP contribution in [0.4, 0.5) is 0 Å². The SMILES string of the molecule is C=CC(CC)CN(C)C(CC)CC=CC(C)=C=CC. The monoisotopic (exact) mass is 261 g/mol. The van der Waals surface area contributed by atoms with E-state index in [0.717, 1.165) is 13.0 Å². The quantitative estimate of drug-likeness (QED) is 0.321. The molecule has 0 fully saturated rings. The lowest BCUT2D eigenvalue weighted by atomic mass is 10.0. The maximum absolute atomic E-state index is 3.92. The molecule has 0 spiro atoms. The van der Waals surface area contributed by atoms with Crippen LogP contribution in [0.5, 0.6) is 0 Å². The molecule has 0 aliphatic heterocycles. The molecule has 0 aromatic heterocycles. The molecule has 19 heavy (non-hydrogen) atoms. The van der Waals surface area contributed by atoms with Crippen LogP contribution in [-0.2, 0) is 0 Å². The van der Waals surface area contributed by atoms with E-state index >= 15 is 0 Å². The molecule has 0 radical (unpaired) electrons. The van der Waals surface area contributed by atoms with Gasteiger partial charge in [0.25, 0.3) is 0 Å². The Morgan fingerprint density at radius 2 is 2.00 bits per heavy atom. The minimum absolute atomic E-state index is 0.604. The van der Waals surface area contributed by atoms with Crippen molar-refractivity contribution in [2.45, 2.75) is 53.0 Å². The third kappa shape index (κ3) is 7.87. The second-order valence-corrected chi connectivity index (χ2v) is 5.16. The first-order valence-corrected chi connectivity index (χ1v) is 7.46. The summed E-state index contributed by atoms with van der Waals surface area (Å²) in [5.74, 6) is 0.604. The molecule has 0 aromatic rings. The van der Waals surface area contributed by atoms with Gasteiger partial charge in [-0.25, -0.2) is 0 Å². The van der Waals surface area contributed by atoms with Gasteiger partial charge < -0.3 is 4.90 Å². The van der Waals surface area contributed by atoms with Crippen LogP contribution in [0.3, 0.4) is 0 Å². The molecule has 2 atom stereocenters. The van der Waals surface area contributed by atoms with Crippen molar-refractivity contribution in [1.82, 2.24) is 4.90 Å². The van der Waals surface area contributed by atoms with Gasteiger partial charge in [-0.05, 0) is 57.7 Å². The maximum atomic E-state index is 3.92. The van der Waals surface area contributed by atoms with Gasteiger partial charge >= 0.3 is 0 Å². The molecule has 108 valence electrons. The fourth-order valence-corrected chi connectivity index (χ4v) is 2.23. The van der Waals surface area contributed by atoms with Gasteiger partial charge in [-0.1, -0.05) is 32.1 Å². The van der Waals surface area contributed by atoms with Crippen LogP contribution in [0, 0.1) is 5.92 Å². The lowest BCUT2D eigenvalue weighted by molar-refractivity contribution is 0.214. The molecule has 2 unspecified atom stereocenters. The lowest BCUT2D eigenvalue weighted by Gasteiger charge is -2.28. The Bertz CT molecular complexity index is 332. The van der Waals surface area contributed by atoms with Crippen molar-refractivity contribution < 1.29 is 0 Å². The minimum atomic E-state index is 0.604. The van der Waals surface area contributed by atoms with Crippen molar-refractivity contribution in [3.05, 3.63) is 42.2 Å². The molecule has 0 aliphatic rings. The zero-order valence-corrected chi connectivity index (χ0v) is 13.4. The van der Waals surface area contributed by atoms with Crippen molar-refractivity contribution in [3.63, 3.8) is 0 Å². The van der Waals surface area contributed by atoms with Crippen LogP contribution in [0.1, 0.15) is 47.0 Å². The summed E-state index contributed by atoms with van der Waals surface area (Å²) in [6.45, 7) is 13.6. The predicted molar refractivity (Wildman–Crippen MR) is 87.4 cm³/mol. The van der Waals surface area contributed by atoms with E-state index in [1.807, 2.05) is 13.0 Å². The normalized spacial score (nSPS) is 14.2. The topological polar surface area (TPSA) is 3.24 Å². The summed E-state index contributed by atoms with van der Waals surface area (Å²) in [4.78, 5) is 2.47. The molecule has 1 heteroatoms. The first-order valence-electron chi connectivity index (χ1n) is 7.46. The van der Waals surface area contributed by atoms with Crippen LogP contribution in [-0.4, -0.2) is 24.5 Å². The summed E-state index contributed by atoms with van der Waals surface area (Å²) >= 11 is 0. The van der Waals surface area contributed by atoms with E-state index in [4.69, 9.17) is 0 Å². The Balaban J connectivity index is 4.41. The van der Waals surface area contributed by atoms with Gasteiger partial charge in [0.2, 0.25) is 0 Å². The highest BCUT2D eigenvalue weighted by atomic mass is 15.1. The largest absolute Gasteiger partial charge is 0.303 e. The Morgan fingerprint density at radius 3 is 2.47 bits per heavy atom. The number of nitrogens with zero attached hydrogens (tertiary/aromatic N) is 1. The summed E-state index contributed by atoms with van der Waals surface area (Å²) in [7, 11) is 2.23. The van der Waals surface area contributed by atoms with Gasteiger partial charge in [0, 0.05) is 12.6 Å². The fourth-order valence-electron chi connectivity index (χ4n) is 2.23. The predicted octanol–water partition coefficient (Wildman–Crippen LogP) is 4.98. The summed E-state index contributed by atoms with van der Waals surface area (Å²) < 4.78 is 0. The second-order valence-electron chi connectivity index (χ2n) is 5.16. The molecule has 0 aliphatic carbocycles. The van der Waals surface area contributed by atoms with Crippen molar-refractivity contribution in [2.24, 2.45) is 5.92 Å². The average molecular weight is 261 g/mol. The first kappa shape index (κ1) is 18.0. The summed E-state index contributed by atoms with van der Waals surface area (Å²) in [6, 6.07) is 0.614. The molecule has 0 N–H and O–H groups in total. The van der Waals surface area contributed by atoms with Crippen LogP contribution >= 0.6 is 0 Å². The average Bonchev–Trinajstić information content (AvgIpc) is 2.41. The van der Waals surface area contributed by atoms with Crippen molar-refractivity contribution >= 4 is 0 Å². The Labute approximate surface area is 120 Å². The second kappa shape index (κ2) is 10.8. The Morgan fingerprint density at radius 1 is 1.32 bits per heavy atom. The Kier molecular flexibility index (Phi) is 10.2. The number of rotatable bonds is 9. The van der Waals surface area contributed by atoms with Crippen LogP contribution in [0.15, 0.2) is 42.2 Å². The molecular formula is C18H31N. The standard InChI is InChI=1S/C18H31N/c1-7-12-16(5)13-11-14-18(10-4)19(6)15-17(8-2)9-3/h7-8,11,13,17-18H,2,9-10,14-15H2,1,3-6H3. The van der Waals surface area contributed by atoms with Gasteiger partial charge in [0.1, 0.15) is 0 Å². The molecule has 0 heterocycles. The van der Waals surface area contributed by atoms with Crippen LogP contribution in [0.25, 0.3) is 0 Å². The summed E-state index contributed by atoms with van der Waals surface area (Å²) in [5, 5.41) is 0. The molecular weight excluding hydrogens is 230 g/mol. The summed E-state index contributed by atoms with van der Waals surface area (Å²) in [6.07, 6.45) is 11.9. The van der Waals surface area contributed by atoms with E-state index in [0.29, 0.717) is 12.0 Å². The number of hydrogen-bond donors (Lipinski definition) is 0. The van der Waals surface area contributed by atoms with Crippen molar-refractivity contribution in [1.29, 1.82) is 0 Å². The molecule has 0 rings (SSSR count). The molecule has 0 bridgehead atoms. The van der Waals surface area contributed by atoms with E-state index in [-0.39, 0.29) is 0 Å². The lowest BCUT2D eigenvalue weighted by Crippen LogP contribution is -2.34. The van der Waals surface area contributed by atoms with E-state index in [1.54, 1.807) is 0 Å². The molecule has 0 saturated heterocycles. The van der Waals surface area contributed by atoms with Gasteiger partial charge in [-0.2, -0.15) is 0 Å². The van der Waals surface area contributed by atoms with Gasteiger partial charge in [-0.15, -0.1) is 12.3 Å². The summed E-state index contributed by atoms with van der Waals surface area (Å²) in [5.41, 5.74) is 4.39. The first-order chi connectivity index (χ1) is 9.08. The number of allylic oxidation sites excluding steroid dienone is 2. The van der Waals surface area contributed by atoms with Gasteiger partial charge in [0.05, 0.1) is 0 Å². The van der Waals surface area contributed by atoms with Crippen LogP contribution < -0.4 is 0 Å². The molecule has 0 aromatic carbocycles. The number of hydrogen-bond acceptors (Lipinski definition) is 1. The van der Waals surface area contributed by atoms with Crippen molar-refractivity contribution in [3.8, 4) is 0 Å². The smallest absolute Gasteiger partial charge is 0.0124 e. The van der Waals surface area contributed by atoms with E-state index in [1.165, 1.54) is 18.4 Å². The van der Waals surface area contributed by atoms with Crippen LogP contribution in [0.2, 0.25) is 0 Å². The van der Waals surface area contributed by atoms with E-state index < -0.39 is 0 Å². The van der Waals surface area contributed by atoms with E-state index in [9.17, 15) is 0 Å². The zero-order valence-electron chi connectivity index (χ0n) is 13.4. The van der Waals surface area contributed by atoms with E-state index in [2.05, 4.69) is 63.3 Å². The minimum Gasteiger partial charge on any atom is -0.303 e. The molecule has 1 nitrogen and oxygen atoms in total. The fraction of sp³-hybridized carbons (Fsp3) is 0.611. The highest BCUT2D eigenvalue weighted by Gasteiger charge is 2.13. The third-order valence-corrected chi connectivity index (χ3v) is 3.62. The van der Waals surface area contributed by atoms with Gasteiger partial charge in [-0.3, -0.25) is 0 Å².